The number of nitrogens with zero attached hydrogens (tertiary/aromatic N) is 2. The Morgan fingerprint density at radius 2 is 1.89 bits per heavy atom. The molecule has 140 valence electrons. The molecule has 2 aromatic rings. The Morgan fingerprint density at radius 3 is 2.56 bits per heavy atom. The van der Waals surface area contributed by atoms with Gasteiger partial charge in [-0.05, 0) is 74.0 Å². The van der Waals surface area contributed by atoms with Gasteiger partial charge >= 0.3 is 0 Å². The number of carbonyl (C=O) groups excluding carboxylic acids is 1. The number of amides is 1. The Hall–Kier alpha value is -2.17. The molecule has 0 atom stereocenters. The van der Waals surface area contributed by atoms with Crippen molar-refractivity contribution in [2.45, 2.75) is 18.3 Å². The van der Waals surface area contributed by atoms with Gasteiger partial charge in [0.2, 0.25) is 0 Å². The predicted molar refractivity (Wildman–Crippen MR) is 107 cm³/mol. The van der Waals surface area contributed by atoms with E-state index in [1.165, 1.54) is 6.07 Å². The van der Waals surface area contributed by atoms with E-state index in [9.17, 15) is 9.18 Å². The van der Waals surface area contributed by atoms with Crippen LogP contribution in [0.3, 0.4) is 0 Å². The number of hydrogen-bond donors (Lipinski definition) is 0. The molecule has 0 bridgehead atoms. The van der Waals surface area contributed by atoms with Crippen LogP contribution in [0, 0.1) is 5.82 Å². The van der Waals surface area contributed by atoms with Crippen LogP contribution in [0.25, 0.3) is 0 Å². The highest BCUT2D eigenvalue weighted by Crippen LogP contribution is 2.47. The third kappa shape index (κ3) is 3.28. The first kappa shape index (κ1) is 18.2. The first-order valence-corrected chi connectivity index (χ1v) is 9.61. The van der Waals surface area contributed by atoms with Gasteiger partial charge < -0.3 is 4.90 Å². The Bertz CT molecular complexity index is 872. The number of hydrogen-bond acceptors (Lipinski definition) is 2. The molecule has 2 aliphatic heterocycles. The van der Waals surface area contributed by atoms with E-state index in [1.54, 1.807) is 41.3 Å². The van der Waals surface area contributed by atoms with E-state index in [0.717, 1.165) is 43.7 Å². The number of rotatable bonds is 3. The lowest BCUT2D eigenvalue weighted by Gasteiger charge is -2.39. The van der Waals surface area contributed by atoms with Gasteiger partial charge in [-0.3, -0.25) is 9.69 Å². The lowest BCUT2D eigenvalue weighted by Crippen LogP contribution is -2.46. The molecule has 2 heterocycles. The fraction of sp³-hybridized carbons (Fsp3) is 0.318. The van der Waals surface area contributed by atoms with Crippen molar-refractivity contribution >= 4 is 23.2 Å². The fourth-order valence-electron chi connectivity index (χ4n) is 4.34. The number of halogens is 2. The van der Waals surface area contributed by atoms with Crippen molar-refractivity contribution in [1.82, 2.24) is 4.90 Å². The number of carbonyl (C=O) groups is 1. The molecule has 1 fully saturated rings. The van der Waals surface area contributed by atoms with E-state index in [2.05, 4.69) is 11.5 Å². The topological polar surface area (TPSA) is 23.6 Å². The summed E-state index contributed by atoms with van der Waals surface area (Å²) in [4.78, 5) is 17.3. The zero-order valence-electron chi connectivity index (χ0n) is 15.1. The minimum Gasteiger partial charge on any atom is -0.307 e. The van der Waals surface area contributed by atoms with Gasteiger partial charge in [0.1, 0.15) is 5.82 Å². The highest BCUT2D eigenvalue weighted by molar-refractivity contribution is 6.30. The molecular weight excluding hydrogens is 363 g/mol. The summed E-state index contributed by atoms with van der Waals surface area (Å²) in [5.74, 6) is -0.313. The minimum absolute atomic E-state index is 0.0649. The largest absolute Gasteiger partial charge is 0.307 e. The number of fused-ring (bicyclic) bond motifs is 2. The number of piperidine rings is 1. The van der Waals surface area contributed by atoms with Crippen molar-refractivity contribution in [2.75, 3.05) is 31.1 Å². The van der Waals surface area contributed by atoms with Crippen molar-refractivity contribution in [1.29, 1.82) is 0 Å². The summed E-state index contributed by atoms with van der Waals surface area (Å²) in [6.45, 7) is 7.11. The summed E-state index contributed by atoms with van der Waals surface area (Å²) in [5, 5.41) is 0.599. The molecule has 4 rings (SSSR count). The van der Waals surface area contributed by atoms with E-state index in [0.29, 0.717) is 17.1 Å². The number of anilines is 1. The second kappa shape index (κ2) is 7.10. The molecule has 0 unspecified atom stereocenters. The molecule has 27 heavy (non-hydrogen) atoms. The maximum Gasteiger partial charge on any atom is 0.258 e. The van der Waals surface area contributed by atoms with Crippen LogP contribution in [0.5, 0.6) is 0 Å². The SMILES string of the molecule is C=CCN1CCC2(CC1)CN(C(=O)c1ccc(Cl)cc1)c1ccc(F)cc12. The van der Waals surface area contributed by atoms with Crippen LogP contribution >= 0.6 is 11.6 Å². The lowest BCUT2D eigenvalue weighted by molar-refractivity contribution is 0.0978. The standard InChI is InChI=1S/C22H22ClFN2O/c1-2-11-25-12-9-22(10-13-25)15-26(20-8-7-18(24)14-19(20)22)21(27)16-3-5-17(23)6-4-16/h2-8,14H,1,9-13,15H2. The van der Waals surface area contributed by atoms with Gasteiger partial charge in [-0.1, -0.05) is 17.7 Å². The van der Waals surface area contributed by atoms with Crippen LogP contribution in [0.1, 0.15) is 28.8 Å². The molecule has 0 aromatic heterocycles. The Morgan fingerprint density at radius 1 is 1.19 bits per heavy atom. The average molecular weight is 385 g/mol. The summed E-state index contributed by atoms with van der Waals surface area (Å²) in [7, 11) is 0. The molecule has 1 saturated heterocycles. The van der Waals surface area contributed by atoms with E-state index in [4.69, 9.17) is 11.6 Å². The smallest absolute Gasteiger partial charge is 0.258 e. The van der Waals surface area contributed by atoms with E-state index in [-0.39, 0.29) is 17.1 Å². The second-order valence-corrected chi connectivity index (χ2v) is 7.87. The summed E-state index contributed by atoms with van der Waals surface area (Å²) in [6.07, 6.45) is 3.72. The fourth-order valence-corrected chi connectivity index (χ4v) is 4.47. The maximum atomic E-state index is 14.1. The summed E-state index contributed by atoms with van der Waals surface area (Å²) < 4.78 is 14.1. The van der Waals surface area contributed by atoms with Crippen molar-refractivity contribution in [3.05, 3.63) is 77.1 Å². The molecular formula is C22H22ClFN2O. The molecule has 0 N–H and O–H groups in total. The molecule has 3 nitrogen and oxygen atoms in total. The van der Waals surface area contributed by atoms with Gasteiger partial charge in [-0.2, -0.15) is 0 Å². The van der Waals surface area contributed by atoms with Crippen LogP contribution in [0.4, 0.5) is 10.1 Å². The van der Waals surface area contributed by atoms with Gasteiger partial charge in [-0.25, -0.2) is 4.39 Å². The van der Waals surface area contributed by atoms with Crippen molar-refractivity contribution in [2.24, 2.45) is 0 Å². The van der Waals surface area contributed by atoms with Crippen LogP contribution < -0.4 is 4.90 Å². The molecule has 0 radical (unpaired) electrons. The number of likely N-dealkylation sites (tertiary alicyclic amines) is 1. The van der Waals surface area contributed by atoms with Gasteiger partial charge in [0, 0.05) is 34.8 Å². The molecule has 0 aliphatic carbocycles. The van der Waals surface area contributed by atoms with Crippen LogP contribution in [0.15, 0.2) is 55.1 Å². The predicted octanol–water partition coefficient (Wildman–Crippen LogP) is 4.66. The second-order valence-electron chi connectivity index (χ2n) is 7.43. The van der Waals surface area contributed by atoms with Crippen molar-refractivity contribution in [3.63, 3.8) is 0 Å². The zero-order valence-corrected chi connectivity index (χ0v) is 15.9. The van der Waals surface area contributed by atoms with Crippen LogP contribution in [-0.2, 0) is 5.41 Å². The van der Waals surface area contributed by atoms with Crippen molar-refractivity contribution < 1.29 is 9.18 Å². The lowest BCUT2D eigenvalue weighted by atomic mass is 9.74. The third-order valence-electron chi connectivity index (χ3n) is 5.82. The zero-order chi connectivity index (χ0) is 19.0. The van der Waals surface area contributed by atoms with E-state index >= 15 is 0 Å². The summed E-state index contributed by atoms with van der Waals surface area (Å²) >= 11 is 5.95. The molecule has 2 aromatic carbocycles. The Labute approximate surface area is 164 Å². The van der Waals surface area contributed by atoms with Crippen LogP contribution in [0.2, 0.25) is 5.02 Å². The molecule has 1 amide bonds. The number of benzene rings is 2. The molecule has 5 heteroatoms. The molecule has 2 aliphatic rings. The van der Waals surface area contributed by atoms with Crippen LogP contribution in [-0.4, -0.2) is 37.0 Å². The highest BCUT2D eigenvalue weighted by Gasteiger charge is 2.46. The Balaban J connectivity index is 1.67. The summed E-state index contributed by atoms with van der Waals surface area (Å²) in [5.41, 5.74) is 2.20. The maximum absolute atomic E-state index is 14.1. The van der Waals surface area contributed by atoms with Gasteiger partial charge in [0.15, 0.2) is 0 Å². The quantitative estimate of drug-likeness (QED) is 0.718. The molecule has 0 saturated carbocycles. The third-order valence-corrected chi connectivity index (χ3v) is 6.07. The summed E-state index contributed by atoms with van der Waals surface area (Å²) in [6, 6.07) is 11.7. The van der Waals surface area contributed by atoms with E-state index < -0.39 is 0 Å². The van der Waals surface area contributed by atoms with Gasteiger partial charge in [0.05, 0.1) is 0 Å². The van der Waals surface area contributed by atoms with Crippen molar-refractivity contribution in [3.8, 4) is 0 Å². The highest BCUT2D eigenvalue weighted by atomic mass is 35.5. The van der Waals surface area contributed by atoms with E-state index in [1.807, 2.05) is 6.08 Å². The first-order valence-electron chi connectivity index (χ1n) is 9.23. The minimum atomic E-state index is -0.248. The average Bonchev–Trinajstić information content (AvgIpc) is 2.98. The van der Waals surface area contributed by atoms with Gasteiger partial charge in [-0.15, -0.1) is 6.58 Å². The first-order chi connectivity index (χ1) is 13.0. The van der Waals surface area contributed by atoms with Gasteiger partial charge in [0.25, 0.3) is 5.91 Å². The monoisotopic (exact) mass is 384 g/mol. The molecule has 1 spiro atoms. The Kier molecular flexibility index (Phi) is 4.79. The normalized spacial score (nSPS) is 18.5.